The largest absolute Gasteiger partial charge is 0.475 e. The highest BCUT2D eigenvalue weighted by molar-refractivity contribution is 9.10. The molecular weight excluding hydrogens is 248 g/mol. The molecule has 0 aliphatic heterocycles. The molecule has 0 bridgehead atoms. The zero-order chi connectivity index (χ0) is 10.7. The summed E-state index contributed by atoms with van der Waals surface area (Å²) in [6.45, 7) is 1.94. The molecule has 0 aromatic heterocycles. The van der Waals surface area contributed by atoms with Gasteiger partial charge < -0.3 is 5.11 Å². The fourth-order valence-corrected chi connectivity index (χ4v) is 1.65. The molecule has 0 aliphatic rings. The molecule has 0 spiro atoms. The van der Waals surface area contributed by atoms with E-state index in [0.29, 0.717) is 0 Å². The molecule has 1 rings (SSSR count). The lowest BCUT2D eigenvalue weighted by Gasteiger charge is -2.01. The number of Topliss-reactive ketones (excluding diaryl/α,β-unsaturated/α-hetero) is 1. The number of ketones is 1. The molecule has 3 nitrogen and oxygen atoms in total. The fraction of sp³-hybridized carbons (Fsp3) is 0.200. The van der Waals surface area contributed by atoms with Gasteiger partial charge in [-0.1, -0.05) is 22.9 Å². The molecule has 0 unspecified atom stereocenters. The number of carbonyl (C=O) groups excluding carboxylic acids is 1. The van der Waals surface area contributed by atoms with Gasteiger partial charge >= 0.3 is 5.97 Å². The summed E-state index contributed by atoms with van der Waals surface area (Å²) in [6.07, 6.45) is 0.763. The van der Waals surface area contributed by atoms with Crippen LogP contribution in [0.1, 0.15) is 22.8 Å². The molecule has 0 fully saturated rings. The van der Waals surface area contributed by atoms with Crippen LogP contribution in [0.2, 0.25) is 0 Å². The first kappa shape index (κ1) is 10.9. The van der Waals surface area contributed by atoms with Crippen LogP contribution in [0.15, 0.2) is 22.7 Å². The van der Waals surface area contributed by atoms with Crippen LogP contribution in [-0.4, -0.2) is 16.9 Å². The van der Waals surface area contributed by atoms with Gasteiger partial charge in [0.25, 0.3) is 5.78 Å². The summed E-state index contributed by atoms with van der Waals surface area (Å²) in [4.78, 5) is 21.6. The van der Waals surface area contributed by atoms with Gasteiger partial charge in [0.1, 0.15) is 0 Å². The van der Waals surface area contributed by atoms with Crippen LogP contribution in [0, 0.1) is 0 Å². The number of aryl methyl sites for hydroxylation is 1. The van der Waals surface area contributed by atoms with E-state index in [1.807, 2.05) is 13.0 Å². The van der Waals surface area contributed by atoms with Crippen molar-refractivity contribution in [3.8, 4) is 0 Å². The number of carboxylic acid groups (broad SMARTS) is 1. The van der Waals surface area contributed by atoms with Crippen LogP contribution in [0.5, 0.6) is 0 Å². The Bertz CT molecular complexity index is 385. The van der Waals surface area contributed by atoms with Crippen LogP contribution in [0.3, 0.4) is 0 Å². The second-order valence-corrected chi connectivity index (χ2v) is 3.75. The van der Waals surface area contributed by atoms with Crippen LogP contribution in [-0.2, 0) is 11.2 Å². The summed E-state index contributed by atoms with van der Waals surface area (Å²) in [6, 6.07) is 4.97. The molecule has 0 radical (unpaired) electrons. The molecule has 4 heteroatoms. The Balaban J connectivity index is 3.15. The summed E-state index contributed by atoms with van der Waals surface area (Å²) in [5.41, 5.74) is 1.15. The van der Waals surface area contributed by atoms with Gasteiger partial charge in [-0.3, -0.25) is 4.79 Å². The van der Waals surface area contributed by atoms with Gasteiger partial charge in [0, 0.05) is 10.0 Å². The van der Waals surface area contributed by atoms with Crippen molar-refractivity contribution < 1.29 is 14.7 Å². The van der Waals surface area contributed by atoms with E-state index in [0.717, 1.165) is 16.5 Å². The van der Waals surface area contributed by atoms with Gasteiger partial charge in [-0.2, -0.15) is 0 Å². The van der Waals surface area contributed by atoms with E-state index < -0.39 is 11.8 Å². The SMILES string of the molecule is CCc1cc(Br)cc(C(=O)C(=O)O)c1. The first-order valence-corrected chi connectivity index (χ1v) is 4.91. The van der Waals surface area contributed by atoms with E-state index in [4.69, 9.17) is 5.11 Å². The number of hydrogen-bond acceptors (Lipinski definition) is 2. The van der Waals surface area contributed by atoms with Gasteiger partial charge in [0.15, 0.2) is 0 Å². The third-order valence-electron chi connectivity index (χ3n) is 1.82. The van der Waals surface area contributed by atoms with Gasteiger partial charge in [0.05, 0.1) is 0 Å². The minimum Gasteiger partial charge on any atom is -0.475 e. The molecule has 0 saturated carbocycles. The Hall–Kier alpha value is -1.16. The van der Waals surface area contributed by atoms with Crippen molar-refractivity contribution in [3.05, 3.63) is 33.8 Å². The van der Waals surface area contributed by atoms with Crippen molar-refractivity contribution >= 4 is 27.7 Å². The van der Waals surface area contributed by atoms with E-state index in [9.17, 15) is 9.59 Å². The van der Waals surface area contributed by atoms with Gasteiger partial charge in [-0.05, 0) is 30.2 Å². The Kier molecular flexibility index (Phi) is 3.41. The van der Waals surface area contributed by atoms with Crippen molar-refractivity contribution in [1.29, 1.82) is 0 Å². The highest BCUT2D eigenvalue weighted by atomic mass is 79.9. The predicted molar refractivity (Wildman–Crippen MR) is 55.5 cm³/mol. The standard InChI is InChI=1S/C10H9BrO3/c1-2-6-3-7(5-8(11)4-6)9(12)10(13)14/h3-5H,2H2,1H3,(H,13,14). The Morgan fingerprint density at radius 3 is 2.50 bits per heavy atom. The molecule has 1 aromatic rings. The molecule has 1 aromatic carbocycles. The van der Waals surface area contributed by atoms with Gasteiger partial charge in [-0.25, -0.2) is 4.79 Å². The zero-order valence-electron chi connectivity index (χ0n) is 7.58. The third kappa shape index (κ3) is 2.42. The Morgan fingerprint density at radius 1 is 1.36 bits per heavy atom. The molecule has 0 aliphatic carbocycles. The molecular formula is C10H9BrO3. The lowest BCUT2D eigenvalue weighted by atomic mass is 10.1. The fourth-order valence-electron chi connectivity index (χ4n) is 1.11. The predicted octanol–water partition coefficient (Wildman–Crippen LogP) is 2.28. The number of halogens is 1. The van der Waals surface area contributed by atoms with Crippen molar-refractivity contribution in [2.75, 3.05) is 0 Å². The molecule has 1 N–H and O–H groups in total. The van der Waals surface area contributed by atoms with E-state index in [1.54, 1.807) is 6.07 Å². The minimum absolute atomic E-state index is 0.212. The molecule has 14 heavy (non-hydrogen) atoms. The van der Waals surface area contributed by atoms with Crippen molar-refractivity contribution in [3.63, 3.8) is 0 Å². The second kappa shape index (κ2) is 4.37. The van der Waals surface area contributed by atoms with Crippen LogP contribution in [0.4, 0.5) is 0 Å². The van der Waals surface area contributed by atoms with Crippen LogP contribution in [0.25, 0.3) is 0 Å². The lowest BCUT2D eigenvalue weighted by Crippen LogP contribution is -2.12. The van der Waals surface area contributed by atoms with Gasteiger partial charge in [-0.15, -0.1) is 0 Å². The molecule has 0 atom stereocenters. The number of aliphatic carboxylic acids is 1. The monoisotopic (exact) mass is 256 g/mol. The highest BCUT2D eigenvalue weighted by Gasteiger charge is 2.15. The zero-order valence-corrected chi connectivity index (χ0v) is 9.17. The minimum atomic E-state index is -1.43. The summed E-state index contributed by atoms with van der Waals surface area (Å²) in [5.74, 6) is -2.30. The maximum Gasteiger partial charge on any atom is 0.377 e. The summed E-state index contributed by atoms with van der Waals surface area (Å²) >= 11 is 3.23. The Morgan fingerprint density at radius 2 is 2.00 bits per heavy atom. The number of hydrogen-bond donors (Lipinski definition) is 1. The highest BCUT2D eigenvalue weighted by Crippen LogP contribution is 2.16. The lowest BCUT2D eigenvalue weighted by molar-refractivity contribution is -0.131. The van der Waals surface area contributed by atoms with E-state index >= 15 is 0 Å². The normalized spacial score (nSPS) is 9.86. The summed E-state index contributed by atoms with van der Waals surface area (Å²) < 4.78 is 0.724. The van der Waals surface area contributed by atoms with Gasteiger partial charge in [0.2, 0.25) is 0 Å². The van der Waals surface area contributed by atoms with E-state index in [-0.39, 0.29) is 5.56 Å². The average molecular weight is 257 g/mol. The quantitative estimate of drug-likeness (QED) is 0.667. The maximum absolute atomic E-state index is 11.1. The molecule has 74 valence electrons. The van der Waals surface area contributed by atoms with Crippen molar-refractivity contribution in [1.82, 2.24) is 0 Å². The third-order valence-corrected chi connectivity index (χ3v) is 2.28. The topological polar surface area (TPSA) is 54.4 Å². The van der Waals surface area contributed by atoms with E-state index in [2.05, 4.69) is 15.9 Å². The number of carboxylic acids is 1. The van der Waals surface area contributed by atoms with Crippen molar-refractivity contribution in [2.45, 2.75) is 13.3 Å². The van der Waals surface area contributed by atoms with Crippen LogP contribution < -0.4 is 0 Å². The number of benzene rings is 1. The first-order chi connectivity index (χ1) is 6.54. The first-order valence-electron chi connectivity index (χ1n) is 4.11. The smallest absolute Gasteiger partial charge is 0.377 e. The molecule has 0 saturated heterocycles. The maximum atomic E-state index is 11.1. The van der Waals surface area contributed by atoms with Crippen LogP contribution >= 0.6 is 15.9 Å². The number of carbonyl (C=O) groups is 2. The molecule has 0 amide bonds. The van der Waals surface area contributed by atoms with E-state index in [1.165, 1.54) is 6.07 Å². The summed E-state index contributed by atoms with van der Waals surface area (Å²) in [5, 5.41) is 8.53. The number of rotatable bonds is 3. The Labute approximate surface area is 89.9 Å². The summed E-state index contributed by atoms with van der Waals surface area (Å²) in [7, 11) is 0. The average Bonchev–Trinajstić information content (AvgIpc) is 2.15. The second-order valence-electron chi connectivity index (χ2n) is 2.84. The van der Waals surface area contributed by atoms with Crippen molar-refractivity contribution in [2.24, 2.45) is 0 Å². The molecule has 0 heterocycles.